The molecule has 0 spiro atoms. The van der Waals surface area contributed by atoms with Crippen LogP contribution in [0.3, 0.4) is 0 Å². The summed E-state index contributed by atoms with van der Waals surface area (Å²) in [5.41, 5.74) is 1.09. The van der Waals surface area contributed by atoms with Gasteiger partial charge in [0.25, 0.3) is 11.8 Å². The van der Waals surface area contributed by atoms with Crippen LogP contribution in [0.15, 0.2) is 47.1 Å². The number of hydrogen-bond donors (Lipinski definition) is 1. The van der Waals surface area contributed by atoms with E-state index in [1.165, 1.54) is 6.26 Å². The van der Waals surface area contributed by atoms with Gasteiger partial charge in [-0.25, -0.2) is 4.79 Å². The third kappa shape index (κ3) is 4.46. The molecule has 0 aliphatic carbocycles. The molecule has 0 saturated carbocycles. The number of furan rings is 1. The largest absolute Gasteiger partial charge is 0.459 e. The first-order chi connectivity index (χ1) is 13.1. The number of ether oxygens (including phenoxy) is 1. The number of hydrogen-bond acceptors (Lipinski definition) is 5. The molecule has 0 radical (unpaired) electrons. The van der Waals surface area contributed by atoms with E-state index in [0.717, 1.165) is 0 Å². The molecule has 1 aliphatic heterocycles. The minimum absolute atomic E-state index is 0.109. The molecule has 0 unspecified atom stereocenters. The molecule has 1 fully saturated rings. The lowest BCUT2D eigenvalue weighted by Crippen LogP contribution is -2.50. The fourth-order valence-electron chi connectivity index (χ4n) is 2.79. The summed E-state index contributed by atoms with van der Waals surface area (Å²) in [5, 5.41) is 2.70. The number of piperazine rings is 1. The standard InChI is InChI=1S/C19H21N3O5/c1-2-26-19(25)22-11-9-21(10-12-22)18(24)14-5-7-15(8-6-14)20-17(23)16-4-3-13-27-16/h3-8,13H,2,9-12H2,1H3,(H,20,23). The number of rotatable bonds is 4. The van der Waals surface area contributed by atoms with Crippen molar-refractivity contribution >= 4 is 23.6 Å². The van der Waals surface area contributed by atoms with Crippen molar-refractivity contribution in [2.75, 3.05) is 38.1 Å². The van der Waals surface area contributed by atoms with Crippen LogP contribution in [0.1, 0.15) is 27.8 Å². The second-order valence-corrected chi connectivity index (χ2v) is 5.99. The van der Waals surface area contributed by atoms with Gasteiger partial charge in [0.1, 0.15) is 0 Å². The lowest BCUT2D eigenvalue weighted by atomic mass is 10.1. The van der Waals surface area contributed by atoms with Crippen LogP contribution in [-0.2, 0) is 4.74 Å². The minimum Gasteiger partial charge on any atom is -0.459 e. The van der Waals surface area contributed by atoms with Crippen molar-refractivity contribution in [3.63, 3.8) is 0 Å². The van der Waals surface area contributed by atoms with E-state index < -0.39 is 0 Å². The monoisotopic (exact) mass is 371 g/mol. The van der Waals surface area contributed by atoms with Gasteiger partial charge < -0.3 is 24.3 Å². The molecule has 1 aromatic carbocycles. The van der Waals surface area contributed by atoms with E-state index in [1.807, 2.05) is 0 Å². The molecule has 142 valence electrons. The van der Waals surface area contributed by atoms with Crippen molar-refractivity contribution in [3.05, 3.63) is 54.0 Å². The van der Waals surface area contributed by atoms with Crippen molar-refractivity contribution in [2.24, 2.45) is 0 Å². The zero-order valence-electron chi connectivity index (χ0n) is 15.0. The number of amides is 3. The van der Waals surface area contributed by atoms with Crippen LogP contribution in [0.5, 0.6) is 0 Å². The molecule has 2 heterocycles. The number of nitrogens with zero attached hydrogens (tertiary/aromatic N) is 2. The lowest BCUT2D eigenvalue weighted by molar-refractivity contribution is 0.0570. The van der Waals surface area contributed by atoms with Gasteiger partial charge >= 0.3 is 6.09 Å². The molecule has 8 nitrogen and oxygen atoms in total. The molecule has 0 atom stereocenters. The zero-order chi connectivity index (χ0) is 19.2. The van der Waals surface area contributed by atoms with Gasteiger partial charge in [-0.3, -0.25) is 9.59 Å². The van der Waals surface area contributed by atoms with Gasteiger partial charge in [0.05, 0.1) is 12.9 Å². The Bertz CT molecular complexity index is 793. The van der Waals surface area contributed by atoms with Crippen LogP contribution in [0, 0.1) is 0 Å². The smallest absolute Gasteiger partial charge is 0.409 e. The quantitative estimate of drug-likeness (QED) is 0.891. The normalized spacial score (nSPS) is 14.0. The lowest BCUT2D eigenvalue weighted by Gasteiger charge is -2.34. The van der Waals surface area contributed by atoms with Gasteiger partial charge in [0, 0.05) is 37.4 Å². The Hall–Kier alpha value is -3.29. The van der Waals surface area contributed by atoms with Gasteiger partial charge in [-0.2, -0.15) is 0 Å². The third-order valence-electron chi connectivity index (χ3n) is 4.23. The maximum Gasteiger partial charge on any atom is 0.409 e. The summed E-state index contributed by atoms with van der Waals surface area (Å²) in [6.07, 6.45) is 1.08. The highest BCUT2D eigenvalue weighted by molar-refractivity contribution is 6.02. The summed E-state index contributed by atoms with van der Waals surface area (Å²) in [4.78, 5) is 39.6. The Kier molecular flexibility index (Phi) is 5.75. The Morgan fingerprint density at radius 3 is 2.30 bits per heavy atom. The van der Waals surface area contributed by atoms with Crippen LogP contribution in [0.25, 0.3) is 0 Å². The minimum atomic E-state index is -0.353. The predicted molar refractivity (Wildman–Crippen MR) is 97.6 cm³/mol. The van der Waals surface area contributed by atoms with E-state index in [1.54, 1.807) is 53.1 Å². The second-order valence-electron chi connectivity index (χ2n) is 5.99. The number of carbonyl (C=O) groups is 3. The molecule has 1 N–H and O–H groups in total. The summed E-state index contributed by atoms with van der Waals surface area (Å²) in [7, 11) is 0. The van der Waals surface area contributed by atoms with E-state index in [2.05, 4.69) is 5.32 Å². The maximum atomic E-state index is 12.6. The molecule has 1 aliphatic rings. The Balaban J connectivity index is 1.55. The number of benzene rings is 1. The van der Waals surface area contributed by atoms with Crippen LogP contribution in [-0.4, -0.2) is 60.5 Å². The highest BCUT2D eigenvalue weighted by Crippen LogP contribution is 2.15. The van der Waals surface area contributed by atoms with Crippen LogP contribution < -0.4 is 5.32 Å². The Morgan fingerprint density at radius 2 is 1.70 bits per heavy atom. The van der Waals surface area contributed by atoms with Gasteiger partial charge in [0.15, 0.2) is 5.76 Å². The Morgan fingerprint density at radius 1 is 1.04 bits per heavy atom. The van der Waals surface area contributed by atoms with Crippen LogP contribution in [0.4, 0.5) is 10.5 Å². The van der Waals surface area contributed by atoms with Gasteiger partial charge in [0.2, 0.25) is 0 Å². The SMILES string of the molecule is CCOC(=O)N1CCN(C(=O)c2ccc(NC(=O)c3ccco3)cc2)CC1. The van der Waals surface area contributed by atoms with Crippen molar-refractivity contribution in [2.45, 2.75) is 6.92 Å². The van der Waals surface area contributed by atoms with Crippen molar-refractivity contribution in [1.29, 1.82) is 0 Å². The Labute approximate surface area is 156 Å². The first kappa shape index (κ1) is 18.5. The fraction of sp³-hybridized carbons (Fsp3) is 0.316. The first-order valence-corrected chi connectivity index (χ1v) is 8.74. The summed E-state index contributed by atoms with van der Waals surface area (Å²) >= 11 is 0. The van der Waals surface area contributed by atoms with Crippen LogP contribution >= 0.6 is 0 Å². The summed E-state index contributed by atoms with van der Waals surface area (Å²) < 4.78 is 10.0. The average molecular weight is 371 g/mol. The topological polar surface area (TPSA) is 92.1 Å². The molecular formula is C19H21N3O5. The highest BCUT2D eigenvalue weighted by Gasteiger charge is 2.25. The second kappa shape index (κ2) is 8.39. The highest BCUT2D eigenvalue weighted by atomic mass is 16.6. The van der Waals surface area contributed by atoms with Crippen LogP contribution in [0.2, 0.25) is 0 Å². The number of anilines is 1. The van der Waals surface area contributed by atoms with E-state index >= 15 is 0 Å². The predicted octanol–water partition coefficient (Wildman–Crippen LogP) is 2.45. The van der Waals surface area contributed by atoms with Crippen molar-refractivity contribution < 1.29 is 23.5 Å². The molecule has 27 heavy (non-hydrogen) atoms. The van der Waals surface area contributed by atoms with Gasteiger partial charge in [-0.15, -0.1) is 0 Å². The molecule has 1 saturated heterocycles. The summed E-state index contributed by atoms with van der Waals surface area (Å²) in [5.74, 6) is -0.244. The van der Waals surface area contributed by atoms with Crippen molar-refractivity contribution in [3.8, 4) is 0 Å². The van der Waals surface area contributed by atoms with E-state index in [-0.39, 0.29) is 23.7 Å². The molecule has 3 rings (SSSR count). The molecular weight excluding hydrogens is 350 g/mol. The number of carbonyl (C=O) groups excluding carboxylic acids is 3. The van der Waals surface area contributed by atoms with Crippen molar-refractivity contribution in [1.82, 2.24) is 9.80 Å². The zero-order valence-corrected chi connectivity index (χ0v) is 15.0. The number of nitrogens with one attached hydrogen (secondary N) is 1. The third-order valence-corrected chi connectivity index (χ3v) is 4.23. The maximum absolute atomic E-state index is 12.6. The van der Waals surface area contributed by atoms with E-state index in [4.69, 9.17) is 9.15 Å². The molecule has 0 bridgehead atoms. The molecule has 3 amide bonds. The molecule has 1 aromatic heterocycles. The van der Waals surface area contributed by atoms with E-state index in [9.17, 15) is 14.4 Å². The summed E-state index contributed by atoms with van der Waals surface area (Å²) in [6.45, 7) is 3.89. The molecule has 2 aromatic rings. The van der Waals surface area contributed by atoms with Gasteiger partial charge in [-0.05, 0) is 43.3 Å². The fourth-order valence-corrected chi connectivity index (χ4v) is 2.79. The molecule has 8 heteroatoms. The van der Waals surface area contributed by atoms with E-state index in [0.29, 0.717) is 44.0 Å². The van der Waals surface area contributed by atoms with Gasteiger partial charge in [-0.1, -0.05) is 0 Å². The first-order valence-electron chi connectivity index (χ1n) is 8.74. The average Bonchev–Trinajstić information content (AvgIpc) is 3.23. The summed E-state index contributed by atoms with van der Waals surface area (Å²) in [6, 6.07) is 9.88.